The van der Waals surface area contributed by atoms with Gasteiger partial charge in [0.1, 0.15) is 23.9 Å². The maximum Gasteiger partial charge on any atom is 0.295 e. The van der Waals surface area contributed by atoms with Crippen molar-refractivity contribution >= 4 is 17.4 Å². The van der Waals surface area contributed by atoms with Gasteiger partial charge in [-0.05, 0) is 60.4 Å². The van der Waals surface area contributed by atoms with E-state index in [-0.39, 0.29) is 11.3 Å². The Morgan fingerprint density at radius 1 is 0.881 bits per heavy atom. The SMILES string of the molecule is CCCOc1ccc(C2C(=C(O)c3ccc(OCc4ccccc4)cc3)C(=O)C(=O)N2CCCN2CCOCC2)cc1. The van der Waals surface area contributed by atoms with Crippen LogP contribution in [0.3, 0.4) is 0 Å². The van der Waals surface area contributed by atoms with Gasteiger partial charge in [0.2, 0.25) is 0 Å². The predicted octanol–water partition coefficient (Wildman–Crippen LogP) is 5.20. The van der Waals surface area contributed by atoms with Crippen molar-refractivity contribution in [1.82, 2.24) is 9.80 Å². The molecule has 0 saturated carbocycles. The topological polar surface area (TPSA) is 88.5 Å². The number of aliphatic hydroxyl groups is 1. The summed E-state index contributed by atoms with van der Waals surface area (Å²) in [5.74, 6) is -0.124. The molecule has 2 heterocycles. The van der Waals surface area contributed by atoms with Crippen molar-refractivity contribution in [2.75, 3.05) is 46.0 Å². The van der Waals surface area contributed by atoms with Crippen molar-refractivity contribution in [1.29, 1.82) is 0 Å². The fourth-order valence-electron chi connectivity index (χ4n) is 5.32. The Morgan fingerprint density at radius 3 is 2.24 bits per heavy atom. The van der Waals surface area contributed by atoms with Crippen molar-refractivity contribution in [3.8, 4) is 11.5 Å². The molecule has 1 N–H and O–H groups in total. The Bertz CT molecular complexity index is 1370. The van der Waals surface area contributed by atoms with Crippen molar-refractivity contribution < 1.29 is 28.9 Å². The van der Waals surface area contributed by atoms with Gasteiger partial charge in [0.05, 0.1) is 31.4 Å². The zero-order valence-electron chi connectivity index (χ0n) is 24.0. The van der Waals surface area contributed by atoms with E-state index in [9.17, 15) is 14.7 Å². The number of benzene rings is 3. The molecule has 2 aliphatic rings. The summed E-state index contributed by atoms with van der Waals surface area (Å²) >= 11 is 0. The van der Waals surface area contributed by atoms with Gasteiger partial charge in [-0.2, -0.15) is 0 Å². The summed E-state index contributed by atoms with van der Waals surface area (Å²) in [7, 11) is 0. The van der Waals surface area contributed by atoms with Crippen molar-refractivity contribution in [2.24, 2.45) is 0 Å². The molecule has 2 fully saturated rings. The standard InChI is InChI=1S/C34H38N2O6/c1-2-21-41-28-13-9-26(10-14-28)31-30(33(38)34(39)36(31)18-6-17-35-19-22-40-23-20-35)32(37)27-11-15-29(16-12-27)42-24-25-7-4-3-5-8-25/h3-5,7-16,31,37H,2,6,17-24H2,1H3. The zero-order chi connectivity index (χ0) is 29.3. The van der Waals surface area contributed by atoms with Gasteiger partial charge in [0.15, 0.2) is 0 Å². The van der Waals surface area contributed by atoms with Crippen LogP contribution in [0.2, 0.25) is 0 Å². The molecular weight excluding hydrogens is 532 g/mol. The van der Waals surface area contributed by atoms with E-state index in [4.69, 9.17) is 14.2 Å². The zero-order valence-corrected chi connectivity index (χ0v) is 24.0. The van der Waals surface area contributed by atoms with Crippen LogP contribution in [0.15, 0.2) is 84.4 Å². The second-order valence-corrected chi connectivity index (χ2v) is 10.5. The van der Waals surface area contributed by atoms with Gasteiger partial charge < -0.3 is 24.2 Å². The van der Waals surface area contributed by atoms with E-state index >= 15 is 0 Å². The molecule has 3 aromatic rings. The molecule has 1 amide bonds. The lowest BCUT2D eigenvalue weighted by Crippen LogP contribution is -2.38. The normalized spacial score (nSPS) is 18.8. The van der Waals surface area contributed by atoms with E-state index < -0.39 is 17.7 Å². The highest BCUT2D eigenvalue weighted by Crippen LogP contribution is 2.40. The summed E-state index contributed by atoms with van der Waals surface area (Å²) in [5, 5.41) is 11.4. The lowest BCUT2D eigenvalue weighted by atomic mass is 9.95. The molecule has 0 aromatic heterocycles. The van der Waals surface area contributed by atoms with Gasteiger partial charge in [0, 0.05) is 31.7 Å². The van der Waals surface area contributed by atoms with Crippen LogP contribution in [-0.2, 0) is 20.9 Å². The number of ether oxygens (including phenoxy) is 3. The molecule has 5 rings (SSSR count). The fraction of sp³-hybridized carbons (Fsp3) is 0.353. The average molecular weight is 571 g/mol. The van der Waals surface area contributed by atoms with Crippen LogP contribution in [0.25, 0.3) is 5.76 Å². The Hall–Kier alpha value is -4.14. The maximum atomic E-state index is 13.4. The van der Waals surface area contributed by atoms with Crippen molar-refractivity contribution in [3.05, 3.63) is 101 Å². The molecule has 0 aliphatic carbocycles. The lowest BCUT2D eigenvalue weighted by molar-refractivity contribution is -0.140. The maximum absolute atomic E-state index is 13.4. The van der Waals surface area contributed by atoms with Gasteiger partial charge >= 0.3 is 0 Å². The van der Waals surface area contributed by atoms with E-state index in [0.29, 0.717) is 50.7 Å². The highest BCUT2D eigenvalue weighted by molar-refractivity contribution is 6.46. The number of amides is 1. The number of rotatable bonds is 12. The monoisotopic (exact) mass is 570 g/mol. The third kappa shape index (κ3) is 7.01. The van der Waals surface area contributed by atoms with Crippen LogP contribution < -0.4 is 9.47 Å². The Morgan fingerprint density at radius 2 is 1.55 bits per heavy atom. The summed E-state index contributed by atoms with van der Waals surface area (Å²) < 4.78 is 17.1. The molecular formula is C34H38N2O6. The highest BCUT2D eigenvalue weighted by atomic mass is 16.5. The number of carbonyl (C=O) groups is 2. The minimum atomic E-state index is -0.705. The van der Waals surface area contributed by atoms with Crippen LogP contribution in [0.4, 0.5) is 0 Å². The summed E-state index contributed by atoms with van der Waals surface area (Å²) in [5.41, 5.74) is 2.32. The largest absolute Gasteiger partial charge is 0.507 e. The molecule has 8 heteroatoms. The third-order valence-corrected chi connectivity index (χ3v) is 7.56. The number of Topliss-reactive ketones (excluding diaryl/α,β-unsaturated/α-hetero) is 1. The summed E-state index contributed by atoms with van der Waals surface area (Å²) in [6, 6.07) is 23.5. The molecule has 0 bridgehead atoms. The highest BCUT2D eigenvalue weighted by Gasteiger charge is 2.45. The first-order chi connectivity index (χ1) is 20.5. The predicted molar refractivity (Wildman–Crippen MR) is 160 cm³/mol. The summed E-state index contributed by atoms with van der Waals surface area (Å²) in [6.07, 6.45) is 1.59. The first-order valence-corrected chi connectivity index (χ1v) is 14.6. The summed E-state index contributed by atoms with van der Waals surface area (Å²) in [6.45, 7) is 7.36. The number of hydrogen-bond donors (Lipinski definition) is 1. The van der Waals surface area contributed by atoms with E-state index in [2.05, 4.69) is 4.90 Å². The van der Waals surface area contributed by atoms with Crippen LogP contribution in [-0.4, -0.2) is 72.6 Å². The smallest absolute Gasteiger partial charge is 0.295 e. The quantitative estimate of drug-likeness (QED) is 0.182. The average Bonchev–Trinajstić information content (AvgIpc) is 3.29. The first-order valence-electron chi connectivity index (χ1n) is 14.6. The molecule has 0 spiro atoms. The Labute approximate surface area is 247 Å². The molecule has 220 valence electrons. The number of ketones is 1. The number of nitrogens with zero attached hydrogens (tertiary/aromatic N) is 2. The van der Waals surface area contributed by atoms with Gasteiger partial charge in [0.25, 0.3) is 11.7 Å². The number of likely N-dealkylation sites (tertiary alicyclic amines) is 1. The van der Waals surface area contributed by atoms with Gasteiger partial charge in [-0.1, -0.05) is 49.4 Å². The second kappa shape index (κ2) is 14.2. The van der Waals surface area contributed by atoms with Gasteiger partial charge in [-0.25, -0.2) is 0 Å². The van der Waals surface area contributed by atoms with E-state index in [1.165, 1.54) is 0 Å². The number of aliphatic hydroxyl groups excluding tert-OH is 1. The molecule has 2 saturated heterocycles. The van der Waals surface area contributed by atoms with Crippen LogP contribution in [0.1, 0.15) is 42.5 Å². The summed E-state index contributed by atoms with van der Waals surface area (Å²) in [4.78, 5) is 30.7. The van der Waals surface area contributed by atoms with Crippen LogP contribution in [0.5, 0.6) is 11.5 Å². The Kier molecular flexibility index (Phi) is 9.90. The number of hydrogen-bond acceptors (Lipinski definition) is 7. The molecule has 1 atom stereocenters. The molecule has 0 radical (unpaired) electrons. The van der Waals surface area contributed by atoms with Gasteiger partial charge in [-0.3, -0.25) is 14.5 Å². The van der Waals surface area contributed by atoms with E-state index in [1.807, 2.05) is 61.5 Å². The Balaban J connectivity index is 1.39. The molecule has 1 unspecified atom stereocenters. The van der Waals surface area contributed by atoms with Crippen LogP contribution >= 0.6 is 0 Å². The lowest BCUT2D eigenvalue weighted by Gasteiger charge is -2.29. The second-order valence-electron chi connectivity index (χ2n) is 10.5. The molecule has 8 nitrogen and oxygen atoms in total. The van der Waals surface area contributed by atoms with Crippen molar-refractivity contribution in [3.63, 3.8) is 0 Å². The third-order valence-electron chi connectivity index (χ3n) is 7.56. The minimum Gasteiger partial charge on any atom is -0.507 e. The van der Waals surface area contributed by atoms with Crippen LogP contribution in [0, 0.1) is 0 Å². The van der Waals surface area contributed by atoms with E-state index in [0.717, 1.165) is 42.9 Å². The number of morpholine rings is 1. The fourth-order valence-corrected chi connectivity index (χ4v) is 5.32. The van der Waals surface area contributed by atoms with Crippen molar-refractivity contribution in [2.45, 2.75) is 32.4 Å². The molecule has 2 aliphatic heterocycles. The molecule has 42 heavy (non-hydrogen) atoms. The molecule has 3 aromatic carbocycles. The van der Waals surface area contributed by atoms with Gasteiger partial charge in [-0.15, -0.1) is 0 Å². The number of carbonyl (C=O) groups excluding carboxylic acids is 2. The van der Waals surface area contributed by atoms with E-state index in [1.54, 1.807) is 29.2 Å². The minimum absolute atomic E-state index is 0.0894. The first kappa shape index (κ1) is 29.4.